The molecule has 1 rings (SSSR count). The Bertz CT molecular complexity index is 378. The van der Waals surface area contributed by atoms with Crippen molar-refractivity contribution in [3.8, 4) is 0 Å². The van der Waals surface area contributed by atoms with Gasteiger partial charge >= 0.3 is 0 Å². The zero-order valence-electron chi connectivity index (χ0n) is 7.09. The molecule has 0 unspecified atom stereocenters. The Morgan fingerprint density at radius 1 is 1.64 bits per heavy atom. The summed E-state index contributed by atoms with van der Waals surface area (Å²) in [6.07, 6.45) is 1.35. The molecule has 0 aromatic heterocycles. The number of halogens is 2. The van der Waals surface area contributed by atoms with Crippen molar-refractivity contribution in [1.29, 1.82) is 5.41 Å². The summed E-state index contributed by atoms with van der Waals surface area (Å²) in [6, 6.07) is 3.92. The van der Waals surface area contributed by atoms with Gasteiger partial charge in [0, 0.05) is 5.56 Å². The van der Waals surface area contributed by atoms with Crippen molar-refractivity contribution in [1.82, 2.24) is 5.43 Å². The first kappa shape index (κ1) is 10.5. The third kappa shape index (κ3) is 3.02. The summed E-state index contributed by atoms with van der Waals surface area (Å²) >= 11 is 5.70. The topological polar surface area (TPSA) is 74.3 Å². The summed E-state index contributed by atoms with van der Waals surface area (Å²) in [6.45, 7) is 0. The summed E-state index contributed by atoms with van der Waals surface area (Å²) < 4.78 is 12.6. The van der Waals surface area contributed by atoms with E-state index in [0.717, 1.165) is 0 Å². The fourth-order valence-corrected chi connectivity index (χ4v) is 0.994. The lowest BCUT2D eigenvalue weighted by atomic mass is 10.2. The fraction of sp³-hybridized carbons (Fsp3) is 0. The van der Waals surface area contributed by atoms with Crippen LogP contribution in [0.2, 0.25) is 5.02 Å². The van der Waals surface area contributed by atoms with Gasteiger partial charge in [0.1, 0.15) is 5.82 Å². The Balaban J connectivity index is 2.76. The number of hydrogen-bond donors (Lipinski definition) is 3. The van der Waals surface area contributed by atoms with E-state index in [2.05, 4.69) is 10.5 Å². The van der Waals surface area contributed by atoms with Gasteiger partial charge < -0.3 is 5.73 Å². The van der Waals surface area contributed by atoms with Crippen molar-refractivity contribution in [2.75, 3.05) is 0 Å². The van der Waals surface area contributed by atoms with Crippen LogP contribution >= 0.6 is 11.6 Å². The molecule has 0 saturated carbocycles. The standard InChI is InChI=1S/C8H8ClFN4/c9-7-3-6(10)2-1-5(7)4-13-14-8(11)12/h1-4H,(H4,11,12,14)/b13-4+. The minimum absolute atomic E-state index is 0.249. The van der Waals surface area contributed by atoms with Crippen LogP contribution in [0.4, 0.5) is 4.39 Å². The summed E-state index contributed by atoms with van der Waals surface area (Å²) in [4.78, 5) is 0. The van der Waals surface area contributed by atoms with Crippen LogP contribution < -0.4 is 11.2 Å². The van der Waals surface area contributed by atoms with E-state index in [-0.39, 0.29) is 11.0 Å². The van der Waals surface area contributed by atoms with E-state index in [4.69, 9.17) is 22.7 Å². The van der Waals surface area contributed by atoms with E-state index < -0.39 is 5.82 Å². The third-order valence-corrected chi connectivity index (χ3v) is 1.68. The highest BCUT2D eigenvalue weighted by molar-refractivity contribution is 6.33. The Morgan fingerprint density at radius 3 is 2.93 bits per heavy atom. The van der Waals surface area contributed by atoms with Gasteiger partial charge in [-0.3, -0.25) is 5.41 Å². The SMILES string of the molecule is N=C(N)N/N=C/c1ccc(F)cc1Cl. The molecule has 0 spiro atoms. The molecule has 0 heterocycles. The van der Waals surface area contributed by atoms with Crippen LogP contribution in [0.1, 0.15) is 5.56 Å². The molecular formula is C8H8ClFN4. The van der Waals surface area contributed by atoms with Gasteiger partial charge in [-0.05, 0) is 18.2 Å². The maximum absolute atomic E-state index is 12.6. The normalized spacial score (nSPS) is 10.4. The molecule has 0 saturated heterocycles. The second kappa shape index (κ2) is 4.57. The van der Waals surface area contributed by atoms with Gasteiger partial charge in [-0.25, -0.2) is 9.82 Å². The molecule has 6 heteroatoms. The Hall–Kier alpha value is -1.62. The minimum Gasteiger partial charge on any atom is -0.369 e. The zero-order chi connectivity index (χ0) is 10.6. The van der Waals surface area contributed by atoms with E-state index in [1.807, 2.05) is 0 Å². The first-order valence-electron chi connectivity index (χ1n) is 3.68. The molecular weight excluding hydrogens is 207 g/mol. The average molecular weight is 215 g/mol. The highest BCUT2D eigenvalue weighted by Gasteiger charge is 1.98. The molecule has 0 fully saturated rings. The maximum atomic E-state index is 12.6. The zero-order valence-corrected chi connectivity index (χ0v) is 7.85. The van der Waals surface area contributed by atoms with E-state index >= 15 is 0 Å². The first-order valence-corrected chi connectivity index (χ1v) is 4.05. The van der Waals surface area contributed by atoms with Crippen LogP contribution in [0, 0.1) is 11.2 Å². The molecule has 0 bridgehead atoms. The van der Waals surface area contributed by atoms with E-state index in [0.29, 0.717) is 5.56 Å². The van der Waals surface area contributed by atoms with Crippen LogP contribution in [0.3, 0.4) is 0 Å². The molecule has 0 aliphatic rings. The van der Waals surface area contributed by atoms with Crippen LogP contribution in [0.25, 0.3) is 0 Å². The van der Waals surface area contributed by atoms with E-state index in [1.54, 1.807) is 0 Å². The van der Waals surface area contributed by atoms with Crippen molar-refractivity contribution in [3.63, 3.8) is 0 Å². The molecule has 0 atom stereocenters. The summed E-state index contributed by atoms with van der Waals surface area (Å²) in [5.41, 5.74) is 7.74. The summed E-state index contributed by atoms with van der Waals surface area (Å²) in [5, 5.41) is 10.7. The number of nitrogens with zero attached hydrogens (tertiary/aromatic N) is 1. The molecule has 0 radical (unpaired) electrons. The molecule has 0 aliphatic carbocycles. The van der Waals surface area contributed by atoms with Crippen LogP contribution in [-0.2, 0) is 0 Å². The quantitative estimate of drug-likeness (QED) is 0.394. The minimum atomic E-state index is -0.410. The van der Waals surface area contributed by atoms with Crippen LogP contribution in [-0.4, -0.2) is 12.2 Å². The van der Waals surface area contributed by atoms with Gasteiger partial charge in [0.15, 0.2) is 0 Å². The number of nitrogens with one attached hydrogen (secondary N) is 2. The first-order chi connectivity index (χ1) is 6.59. The summed E-state index contributed by atoms with van der Waals surface area (Å²) in [5.74, 6) is -0.689. The molecule has 1 aromatic rings. The van der Waals surface area contributed by atoms with Crippen molar-refractivity contribution in [2.45, 2.75) is 0 Å². The highest BCUT2D eigenvalue weighted by Crippen LogP contribution is 2.14. The van der Waals surface area contributed by atoms with Gasteiger partial charge in [0.25, 0.3) is 0 Å². The smallest absolute Gasteiger partial charge is 0.206 e. The summed E-state index contributed by atoms with van der Waals surface area (Å²) in [7, 11) is 0. The molecule has 4 N–H and O–H groups in total. The average Bonchev–Trinajstić information content (AvgIpc) is 2.08. The molecule has 4 nitrogen and oxygen atoms in total. The van der Waals surface area contributed by atoms with Gasteiger partial charge in [-0.15, -0.1) is 0 Å². The predicted octanol–water partition coefficient (Wildman–Crippen LogP) is 1.30. The van der Waals surface area contributed by atoms with E-state index in [9.17, 15) is 4.39 Å². The number of benzene rings is 1. The van der Waals surface area contributed by atoms with Crippen molar-refractivity contribution >= 4 is 23.8 Å². The largest absolute Gasteiger partial charge is 0.369 e. The lowest BCUT2D eigenvalue weighted by Crippen LogP contribution is -2.25. The number of hydrogen-bond acceptors (Lipinski definition) is 2. The Labute approximate surface area is 85.1 Å². The van der Waals surface area contributed by atoms with Gasteiger partial charge in [0.05, 0.1) is 11.2 Å². The third-order valence-electron chi connectivity index (χ3n) is 1.35. The maximum Gasteiger partial charge on any atom is 0.206 e. The van der Waals surface area contributed by atoms with Gasteiger partial charge in [0.2, 0.25) is 5.96 Å². The number of nitrogens with two attached hydrogens (primary N) is 1. The second-order valence-electron chi connectivity index (χ2n) is 2.45. The van der Waals surface area contributed by atoms with Gasteiger partial charge in [-0.1, -0.05) is 11.6 Å². The predicted molar refractivity (Wildman–Crippen MR) is 54.1 cm³/mol. The lowest BCUT2D eigenvalue weighted by molar-refractivity contribution is 0.628. The monoisotopic (exact) mass is 214 g/mol. The van der Waals surface area contributed by atoms with Crippen molar-refractivity contribution in [2.24, 2.45) is 10.8 Å². The molecule has 1 aromatic carbocycles. The molecule has 74 valence electrons. The molecule has 14 heavy (non-hydrogen) atoms. The molecule has 0 amide bonds. The number of rotatable bonds is 2. The number of hydrazone groups is 1. The number of guanidine groups is 1. The van der Waals surface area contributed by atoms with E-state index in [1.165, 1.54) is 24.4 Å². The molecule has 0 aliphatic heterocycles. The Kier molecular flexibility index (Phi) is 3.41. The van der Waals surface area contributed by atoms with Crippen molar-refractivity contribution < 1.29 is 4.39 Å². The fourth-order valence-electron chi connectivity index (χ4n) is 0.778. The lowest BCUT2D eigenvalue weighted by Gasteiger charge is -1.97. The van der Waals surface area contributed by atoms with Crippen LogP contribution in [0.5, 0.6) is 0 Å². The van der Waals surface area contributed by atoms with Crippen molar-refractivity contribution in [3.05, 3.63) is 34.6 Å². The Morgan fingerprint density at radius 2 is 2.36 bits per heavy atom. The highest BCUT2D eigenvalue weighted by atomic mass is 35.5. The van der Waals surface area contributed by atoms with Gasteiger partial charge in [-0.2, -0.15) is 5.10 Å². The second-order valence-corrected chi connectivity index (χ2v) is 2.86. The van der Waals surface area contributed by atoms with Crippen LogP contribution in [0.15, 0.2) is 23.3 Å².